The quantitative estimate of drug-likeness (QED) is 0.697. The summed E-state index contributed by atoms with van der Waals surface area (Å²) in [7, 11) is 1.70. The van der Waals surface area contributed by atoms with E-state index in [1.165, 1.54) is 14.7 Å². The maximum absolute atomic E-state index is 13.2. The van der Waals surface area contributed by atoms with E-state index in [1.54, 1.807) is 7.05 Å². The fraction of sp³-hybridized carbons (Fsp3) is 0.476. The third kappa shape index (κ3) is 2.95. The molecule has 3 heterocycles. The third-order valence-corrected chi connectivity index (χ3v) is 5.49. The lowest BCUT2D eigenvalue weighted by Crippen LogP contribution is -2.40. The number of fused-ring (bicyclic) bond motifs is 3. The van der Waals surface area contributed by atoms with Crippen LogP contribution in [0.4, 0.5) is 11.6 Å². The summed E-state index contributed by atoms with van der Waals surface area (Å²) >= 11 is 0. The predicted molar refractivity (Wildman–Crippen MR) is 111 cm³/mol. The smallest absolute Gasteiger partial charge is 0.312 e. The average molecular weight is 381 g/mol. The van der Waals surface area contributed by atoms with E-state index in [2.05, 4.69) is 49.9 Å². The molecule has 1 aliphatic rings. The van der Waals surface area contributed by atoms with E-state index in [9.17, 15) is 9.59 Å². The molecule has 0 unspecified atom stereocenters. The summed E-state index contributed by atoms with van der Waals surface area (Å²) in [5.41, 5.74) is 2.71. The predicted octanol–water partition coefficient (Wildman–Crippen LogP) is 2.79. The van der Waals surface area contributed by atoms with Crippen molar-refractivity contribution in [1.82, 2.24) is 18.7 Å². The van der Waals surface area contributed by atoms with Gasteiger partial charge in [-0.15, -0.1) is 0 Å². The second kappa shape index (κ2) is 6.96. The third-order valence-electron chi connectivity index (χ3n) is 5.49. The van der Waals surface area contributed by atoms with E-state index >= 15 is 0 Å². The summed E-state index contributed by atoms with van der Waals surface area (Å²) in [4.78, 5) is 32.8. The van der Waals surface area contributed by atoms with Gasteiger partial charge in [0.15, 0.2) is 11.2 Å². The van der Waals surface area contributed by atoms with Crippen molar-refractivity contribution in [2.24, 2.45) is 13.0 Å². The molecule has 0 saturated carbocycles. The van der Waals surface area contributed by atoms with E-state index < -0.39 is 0 Å². The van der Waals surface area contributed by atoms with Crippen LogP contribution in [0.3, 0.4) is 0 Å². The van der Waals surface area contributed by atoms with Gasteiger partial charge in [0, 0.05) is 32.4 Å². The zero-order chi connectivity index (χ0) is 20.0. The van der Waals surface area contributed by atoms with Gasteiger partial charge in [0.05, 0.1) is 0 Å². The number of aromatic nitrogens is 4. The zero-order valence-corrected chi connectivity index (χ0v) is 17.0. The molecule has 7 nitrogen and oxygen atoms in total. The van der Waals surface area contributed by atoms with E-state index in [-0.39, 0.29) is 11.2 Å². The van der Waals surface area contributed by atoms with Crippen LogP contribution < -0.4 is 16.1 Å². The lowest BCUT2D eigenvalue weighted by atomic mass is 10.1. The Bertz CT molecular complexity index is 1130. The van der Waals surface area contributed by atoms with Gasteiger partial charge in [0.1, 0.15) is 0 Å². The highest BCUT2D eigenvalue weighted by atomic mass is 16.2. The second-order valence-electron chi connectivity index (χ2n) is 8.06. The molecule has 28 heavy (non-hydrogen) atoms. The second-order valence-corrected chi connectivity index (χ2v) is 8.06. The Labute approximate surface area is 163 Å². The van der Waals surface area contributed by atoms with Crippen molar-refractivity contribution >= 4 is 22.8 Å². The Balaban J connectivity index is 1.91. The van der Waals surface area contributed by atoms with Crippen LogP contribution in [-0.2, 0) is 20.1 Å². The Morgan fingerprint density at radius 1 is 1.11 bits per heavy atom. The lowest BCUT2D eigenvalue weighted by molar-refractivity contribution is 0.487. The number of hydrogen-bond acceptors (Lipinski definition) is 4. The molecule has 2 aromatic heterocycles. The molecule has 0 spiro atoms. The summed E-state index contributed by atoms with van der Waals surface area (Å²) in [6.45, 7) is 8.24. The fourth-order valence-electron chi connectivity index (χ4n) is 3.82. The van der Waals surface area contributed by atoms with Crippen molar-refractivity contribution < 1.29 is 0 Å². The molecule has 1 aliphatic heterocycles. The number of rotatable bonds is 4. The molecule has 0 aliphatic carbocycles. The van der Waals surface area contributed by atoms with Crippen LogP contribution in [0.15, 0.2) is 33.9 Å². The number of nitrogens with zero attached hydrogens (tertiary/aromatic N) is 5. The van der Waals surface area contributed by atoms with Gasteiger partial charge in [-0.05, 0) is 37.8 Å². The highest BCUT2D eigenvalue weighted by Crippen LogP contribution is 2.30. The highest BCUT2D eigenvalue weighted by molar-refractivity contribution is 5.77. The Hall–Kier alpha value is -2.83. The van der Waals surface area contributed by atoms with Gasteiger partial charge in [-0.1, -0.05) is 31.5 Å². The zero-order valence-electron chi connectivity index (χ0n) is 17.0. The van der Waals surface area contributed by atoms with Crippen LogP contribution in [0.5, 0.6) is 0 Å². The fourth-order valence-corrected chi connectivity index (χ4v) is 3.82. The first kappa shape index (κ1) is 18.5. The normalized spacial score (nSPS) is 14.1. The Morgan fingerprint density at radius 3 is 2.50 bits per heavy atom. The van der Waals surface area contributed by atoms with Crippen molar-refractivity contribution in [3.05, 3.63) is 50.7 Å². The minimum atomic E-state index is -0.296. The van der Waals surface area contributed by atoms with Crippen molar-refractivity contribution in [1.29, 1.82) is 0 Å². The van der Waals surface area contributed by atoms with Gasteiger partial charge in [-0.3, -0.25) is 13.9 Å². The monoisotopic (exact) mass is 381 g/mol. The molecule has 148 valence electrons. The summed E-state index contributed by atoms with van der Waals surface area (Å²) in [6.07, 6.45) is 1.71. The average Bonchev–Trinajstić information content (AvgIpc) is 3.06. The molecular weight excluding hydrogens is 354 g/mol. The minimum absolute atomic E-state index is 0.233. The minimum Gasteiger partial charge on any atom is -0.312 e. The van der Waals surface area contributed by atoms with Gasteiger partial charge in [0.2, 0.25) is 5.95 Å². The van der Waals surface area contributed by atoms with Gasteiger partial charge in [-0.2, -0.15) is 4.98 Å². The lowest BCUT2D eigenvalue weighted by Gasteiger charge is -2.29. The summed E-state index contributed by atoms with van der Waals surface area (Å²) in [5.74, 6) is 1.16. The largest absolute Gasteiger partial charge is 0.332 e. The van der Waals surface area contributed by atoms with Gasteiger partial charge in [-0.25, -0.2) is 4.79 Å². The molecule has 0 amide bonds. The molecule has 0 atom stereocenters. The van der Waals surface area contributed by atoms with Crippen LogP contribution in [0.25, 0.3) is 11.2 Å². The first-order valence-electron chi connectivity index (χ1n) is 9.92. The van der Waals surface area contributed by atoms with Crippen LogP contribution in [0.2, 0.25) is 0 Å². The van der Waals surface area contributed by atoms with Crippen molar-refractivity contribution in [2.45, 2.75) is 46.7 Å². The van der Waals surface area contributed by atoms with Crippen LogP contribution in [0, 0.1) is 12.8 Å². The summed E-state index contributed by atoms with van der Waals surface area (Å²) in [6, 6.07) is 8.30. The van der Waals surface area contributed by atoms with Crippen molar-refractivity contribution in [2.75, 3.05) is 11.4 Å². The van der Waals surface area contributed by atoms with Gasteiger partial charge >= 0.3 is 5.69 Å². The number of hydrogen-bond donors (Lipinski definition) is 0. The molecule has 0 N–H and O–H groups in total. The highest BCUT2D eigenvalue weighted by Gasteiger charge is 2.26. The molecular formula is C21H27N5O2. The maximum atomic E-state index is 13.2. The Kier molecular flexibility index (Phi) is 4.61. The topological polar surface area (TPSA) is 65.1 Å². The Morgan fingerprint density at radius 2 is 1.82 bits per heavy atom. The number of aryl methyl sites for hydroxylation is 3. The molecule has 0 radical (unpaired) electrons. The number of benzene rings is 1. The first-order valence-corrected chi connectivity index (χ1v) is 9.92. The van der Waals surface area contributed by atoms with E-state index in [0.717, 1.165) is 37.6 Å². The van der Waals surface area contributed by atoms with Crippen LogP contribution >= 0.6 is 0 Å². The molecule has 4 rings (SSSR count). The van der Waals surface area contributed by atoms with Crippen molar-refractivity contribution in [3.63, 3.8) is 0 Å². The molecule has 0 fully saturated rings. The SMILES string of the molecule is Cc1ccc(N2CCCn3c2nc2c3c(=O)n(CCC(C)C)c(=O)n2C)cc1. The first-order chi connectivity index (χ1) is 13.4. The van der Waals surface area contributed by atoms with E-state index in [1.807, 2.05) is 4.57 Å². The van der Waals surface area contributed by atoms with E-state index in [0.29, 0.717) is 23.6 Å². The van der Waals surface area contributed by atoms with Crippen LogP contribution in [-0.4, -0.2) is 25.2 Å². The summed E-state index contributed by atoms with van der Waals surface area (Å²) in [5, 5.41) is 0. The van der Waals surface area contributed by atoms with Crippen LogP contribution in [0.1, 0.15) is 32.3 Å². The number of imidazole rings is 1. The maximum Gasteiger partial charge on any atom is 0.332 e. The molecule has 0 bridgehead atoms. The molecule has 1 aromatic carbocycles. The van der Waals surface area contributed by atoms with Gasteiger partial charge in [0.25, 0.3) is 5.56 Å². The van der Waals surface area contributed by atoms with Crippen molar-refractivity contribution in [3.8, 4) is 0 Å². The number of anilines is 2. The molecule has 7 heteroatoms. The summed E-state index contributed by atoms with van der Waals surface area (Å²) < 4.78 is 4.85. The molecule has 3 aromatic rings. The van der Waals surface area contributed by atoms with E-state index in [4.69, 9.17) is 4.98 Å². The molecule has 0 saturated heterocycles. The van der Waals surface area contributed by atoms with Gasteiger partial charge < -0.3 is 9.47 Å². The standard InChI is InChI=1S/C21H27N5O2/c1-14(2)10-13-26-19(27)17-18(23(4)21(26)28)22-20-24(11-5-12-25(17)20)16-8-6-15(3)7-9-16/h6-9,14H,5,10-13H2,1-4H3.